The van der Waals surface area contributed by atoms with Crippen LogP contribution in [0.1, 0.15) is 373 Å². The van der Waals surface area contributed by atoms with Crippen molar-refractivity contribution in [3.05, 3.63) is 97.2 Å². The summed E-state index contributed by atoms with van der Waals surface area (Å²) in [6.45, 7) is 4.17. The zero-order valence-corrected chi connectivity index (χ0v) is 63.3. The number of carbonyl (C=O) groups is 2. The van der Waals surface area contributed by atoms with Gasteiger partial charge in [0.25, 0.3) is 7.82 Å². The highest BCUT2D eigenvalue weighted by Gasteiger charge is 2.22. The van der Waals surface area contributed by atoms with Crippen molar-refractivity contribution >= 4 is 19.8 Å². The molecule has 9 nitrogen and oxygen atoms in total. The summed E-state index contributed by atoms with van der Waals surface area (Å²) in [6.07, 6.45) is 104. The number of unbranched alkanes of at least 4 members (excludes halogenated alkanes) is 44. The summed E-state index contributed by atoms with van der Waals surface area (Å²) < 4.78 is 34.4. The molecular weight excluding hydrogens is 1180 g/mol. The standard InChI is InChI=1S/C84H152NO8P/c1-6-8-10-12-14-16-18-20-22-24-26-28-30-32-34-36-37-38-39-40-41-42-43-44-45-46-47-49-51-53-55-57-59-61-63-65-67-69-71-73-75-77-84(87)93-82(81-92-94(88,89)91-79-78-85(3,4)5)80-90-83(86)76-74-72-70-68-66-64-62-60-58-56-54-52-50-48-35-33-31-29-27-25-23-21-19-17-15-13-11-9-7-2/h8,10,14,16,19-22,25-28,32,34,37-38,82H,6-7,9,11-13,15,17-18,23-24,29-31,33,35-36,39-81H2,1-5H3/b10-8-,16-14-,21-19-,22-20-,27-25-,28-26-,34-32-,38-37-. The summed E-state index contributed by atoms with van der Waals surface area (Å²) in [4.78, 5) is 38.2. The molecule has 0 saturated carbocycles. The van der Waals surface area contributed by atoms with Crippen LogP contribution in [0.2, 0.25) is 0 Å². The second-order valence-corrected chi connectivity index (χ2v) is 29.5. The number of carbonyl (C=O) groups excluding carboxylic acids is 2. The predicted molar refractivity (Wildman–Crippen MR) is 406 cm³/mol. The molecule has 0 bridgehead atoms. The number of esters is 2. The molecule has 0 N–H and O–H groups in total. The third-order valence-electron chi connectivity index (χ3n) is 17.6. The average molecular weight is 1340 g/mol. The molecule has 0 aliphatic carbocycles. The van der Waals surface area contributed by atoms with Gasteiger partial charge in [-0.15, -0.1) is 0 Å². The second-order valence-electron chi connectivity index (χ2n) is 28.0. The number of nitrogens with zero attached hydrogens (tertiary/aromatic N) is 1. The normalized spacial score (nSPS) is 13.6. The molecule has 0 aromatic heterocycles. The Labute approximate surface area is 583 Å². The monoisotopic (exact) mass is 1330 g/mol. The molecule has 0 saturated heterocycles. The lowest BCUT2D eigenvalue weighted by Gasteiger charge is -2.28. The van der Waals surface area contributed by atoms with Gasteiger partial charge in [0.05, 0.1) is 27.7 Å². The zero-order chi connectivity index (χ0) is 68.3. The Hall–Kier alpha value is -3.07. The van der Waals surface area contributed by atoms with Gasteiger partial charge in [-0.05, 0) is 96.3 Å². The van der Waals surface area contributed by atoms with Crippen molar-refractivity contribution in [2.45, 2.75) is 380 Å². The molecule has 0 aliphatic heterocycles. The van der Waals surface area contributed by atoms with Gasteiger partial charge in [0.2, 0.25) is 0 Å². The van der Waals surface area contributed by atoms with Gasteiger partial charge in [-0.3, -0.25) is 14.2 Å². The SMILES string of the molecule is CC/C=C\C/C=C\C/C=C\C/C=C\C/C=C\C/C=C\CCCCCCCCCCCCCCCCCCCCCCCCC(=O)OC(COC(=O)CCCCCCCCCCCCCCCCCCC/C=C\C/C=C\CCCCCCC)COP(=O)([O-])OCC[N+](C)(C)C. The topological polar surface area (TPSA) is 111 Å². The Morgan fingerprint density at radius 2 is 0.606 bits per heavy atom. The van der Waals surface area contributed by atoms with Gasteiger partial charge in [-0.2, -0.15) is 0 Å². The van der Waals surface area contributed by atoms with Crippen molar-refractivity contribution in [2.24, 2.45) is 0 Å². The van der Waals surface area contributed by atoms with Crippen molar-refractivity contribution in [2.75, 3.05) is 47.5 Å². The van der Waals surface area contributed by atoms with Gasteiger partial charge in [-0.1, -0.05) is 361 Å². The Bertz CT molecular complexity index is 1910. The van der Waals surface area contributed by atoms with Crippen LogP contribution < -0.4 is 4.89 Å². The zero-order valence-electron chi connectivity index (χ0n) is 62.4. The number of quaternary nitrogens is 1. The van der Waals surface area contributed by atoms with Gasteiger partial charge in [-0.25, -0.2) is 0 Å². The largest absolute Gasteiger partial charge is 0.756 e. The Morgan fingerprint density at radius 3 is 0.904 bits per heavy atom. The van der Waals surface area contributed by atoms with Crippen LogP contribution in [-0.4, -0.2) is 70.0 Å². The highest BCUT2D eigenvalue weighted by Crippen LogP contribution is 2.38. The van der Waals surface area contributed by atoms with Crippen molar-refractivity contribution < 1.29 is 42.1 Å². The minimum atomic E-state index is -4.65. The molecule has 2 atom stereocenters. The van der Waals surface area contributed by atoms with E-state index in [9.17, 15) is 19.0 Å². The lowest BCUT2D eigenvalue weighted by Crippen LogP contribution is -2.37. The molecule has 0 spiro atoms. The van der Waals surface area contributed by atoms with E-state index in [2.05, 4.69) is 111 Å². The van der Waals surface area contributed by atoms with Crippen molar-refractivity contribution in [3.63, 3.8) is 0 Å². The molecular formula is C84H152NO8P. The number of rotatable bonds is 74. The number of phosphoric ester groups is 1. The van der Waals surface area contributed by atoms with Crippen molar-refractivity contribution in [1.29, 1.82) is 0 Å². The molecule has 0 aromatic rings. The third kappa shape index (κ3) is 77.9. The van der Waals surface area contributed by atoms with E-state index in [1.807, 2.05) is 21.1 Å². The maximum atomic E-state index is 12.9. The smallest absolute Gasteiger partial charge is 0.306 e. The highest BCUT2D eigenvalue weighted by atomic mass is 31.2. The molecule has 546 valence electrons. The fraction of sp³-hybridized carbons (Fsp3) is 0.786. The van der Waals surface area contributed by atoms with Gasteiger partial charge in [0.1, 0.15) is 19.8 Å². The molecule has 2 unspecified atom stereocenters. The van der Waals surface area contributed by atoms with Gasteiger partial charge >= 0.3 is 11.9 Å². The molecule has 0 amide bonds. The summed E-state index contributed by atoms with van der Waals surface area (Å²) in [6, 6.07) is 0. The summed E-state index contributed by atoms with van der Waals surface area (Å²) in [5, 5.41) is 0. The molecule has 0 radical (unpaired) electrons. The van der Waals surface area contributed by atoms with Gasteiger partial charge in [0, 0.05) is 12.8 Å². The van der Waals surface area contributed by atoms with Crippen LogP contribution in [0, 0.1) is 0 Å². The Balaban J connectivity index is 3.92. The highest BCUT2D eigenvalue weighted by molar-refractivity contribution is 7.45. The number of phosphoric acid groups is 1. The molecule has 0 rings (SSSR count). The van der Waals surface area contributed by atoms with Crippen LogP contribution in [0.3, 0.4) is 0 Å². The lowest BCUT2D eigenvalue weighted by atomic mass is 10.0. The predicted octanol–water partition coefficient (Wildman–Crippen LogP) is 26.0. The van der Waals surface area contributed by atoms with E-state index in [1.54, 1.807) is 0 Å². The van der Waals surface area contributed by atoms with Crippen LogP contribution in [-0.2, 0) is 32.7 Å². The minimum absolute atomic E-state index is 0.0304. The lowest BCUT2D eigenvalue weighted by molar-refractivity contribution is -0.870. The minimum Gasteiger partial charge on any atom is -0.756 e. The van der Waals surface area contributed by atoms with Crippen LogP contribution >= 0.6 is 7.82 Å². The van der Waals surface area contributed by atoms with Crippen molar-refractivity contribution in [1.82, 2.24) is 0 Å². The fourth-order valence-electron chi connectivity index (χ4n) is 11.5. The fourth-order valence-corrected chi connectivity index (χ4v) is 12.2. The quantitative estimate of drug-likeness (QED) is 0.0195. The van der Waals surface area contributed by atoms with E-state index >= 15 is 0 Å². The number of hydrogen-bond donors (Lipinski definition) is 0. The van der Waals surface area contributed by atoms with Crippen LogP contribution in [0.4, 0.5) is 0 Å². The maximum Gasteiger partial charge on any atom is 0.306 e. The molecule has 0 aliphatic rings. The molecule has 0 aromatic carbocycles. The molecule has 0 fully saturated rings. The molecule has 94 heavy (non-hydrogen) atoms. The summed E-state index contributed by atoms with van der Waals surface area (Å²) >= 11 is 0. The Kier molecular flexibility index (Phi) is 71.7. The van der Waals surface area contributed by atoms with E-state index in [0.29, 0.717) is 17.4 Å². The van der Waals surface area contributed by atoms with Crippen LogP contribution in [0.25, 0.3) is 0 Å². The first-order valence-corrected chi connectivity index (χ1v) is 41.4. The van der Waals surface area contributed by atoms with Crippen molar-refractivity contribution in [3.8, 4) is 0 Å². The van der Waals surface area contributed by atoms with Gasteiger partial charge in [0.15, 0.2) is 6.10 Å². The molecule has 10 heteroatoms. The summed E-state index contributed by atoms with van der Waals surface area (Å²) in [5.74, 6) is -0.815. The van der Waals surface area contributed by atoms with E-state index in [-0.39, 0.29) is 32.0 Å². The summed E-state index contributed by atoms with van der Waals surface area (Å²) in [5.41, 5.74) is 0. The number of likely N-dealkylation sites (N-methyl/N-ethyl adjacent to an activating group) is 1. The number of hydrogen-bond acceptors (Lipinski definition) is 8. The van der Waals surface area contributed by atoms with E-state index < -0.39 is 26.5 Å². The average Bonchev–Trinajstić information content (AvgIpc) is 1.57. The molecule has 0 heterocycles. The second kappa shape index (κ2) is 74.2. The van der Waals surface area contributed by atoms with E-state index in [4.69, 9.17) is 18.5 Å². The number of allylic oxidation sites excluding steroid dienone is 16. The Morgan fingerprint density at radius 1 is 0.340 bits per heavy atom. The first-order chi connectivity index (χ1) is 46.0. The first kappa shape index (κ1) is 90.9. The van der Waals surface area contributed by atoms with Crippen LogP contribution in [0.15, 0.2) is 97.2 Å². The summed E-state index contributed by atoms with van der Waals surface area (Å²) in [7, 11) is 1.18. The van der Waals surface area contributed by atoms with E-state index in [1.165, 1.54) is 257 Å². The van der Waals surface area contributed by atoms with Crippen LogP contribution in [0.5, 0.6) is 0 Å². The third-order valence-corrected chi connectivity index (χ3v) is 18.6. The maximum absolute atomic E-state index is 12.9. The van der Waals surface area contributed by atoms with E-state index in [0.717, 1.165) is 83.5 Å². The van der Waals surface area contributed by atoms with Gasteiger partial charge < -0.3 is 27.9 Å². The first-order valence-electron chi connectivity index (χ1n) is 39.9. The number of ether oxygens (including phenoxy) is 2.